The number of nitrogens with one attached hydrogen (secondary N) is 1. The minimum Gasteiger partial charge on any atom is -0.381 e. The van der Waals surface area contributed by atoms with Crippen molar-refractivity contribution in [3.63, 3.8) is 0 Å². The number of nitrogens with zero attached hydrogens (tertiary/aromatic N) is 1. The Balaban J connectivity index is 1.61. The van der Waals surface area contributed by atoms with Crippen molar-refractivity contribution in [3.05, 3.63) is 56.7 Å². The Morgan fingerprint density at radius 3 is 2.65 bits per heavy atom. The fourth-order valence-electron chi connectivity index (χ4n) is 2.67. The molecule has 2 nitrogen and oxygen atoms in total. The second-order valence-corrected chi connectivity index (χ2v) is 7.06. The molecule has 1 aromatic heterocycles. The van der Waals surface area contributed by atoms with E-state index in [4.69, 9.17) is 0 Å². The predicted molar refractivity (Wildman–Crippen MR) is 90.2 cm³/mol. The first-order valence-corrected chi connectivity index (χ1v) is 8.35. The maximum atomic E-state index is 4.42. The molecule has 1 aliphatic rings. The van der Waals surface area contributed by atoms with E-state index in [1.54, 1.807) is 0 Å². The summed E-state index contributed by atoms with van der Waals surface area (Å²) in [7, 11) is 0. The molecule has 0 saturated heterocycles. The number of benzene rings is 1. The number of hydrogen-bond acceptors (Lipinski definition) is 2. The zero-order valence-corrected chi connectivity index (χ0v) is 14.4. The quantitative estimate of drug-likeness (QED) is 0.715. The Morgan fingerprint density at radius 1 is 1.15 bits per heavy atom. The van der Waals surface area contributed by atoms with E-state index in [-0.39, 0.29) is 0 Å². The molecule has 0 unspecified atom stereocenters. The largest absolute Gasteiger partial charge is 0.381 e. The summed E-state index contributed by atoms with van der Waals surface area (Å²) in [6.45, 7) is 2.04. The molecule has 4 heteroatoms. The number of hydrogen-bond donors (Lipinski definition) is 1. The zero-order chi connectivity index (χ0) is 14.1. The lowest BCUT2D eigenvalue weighted by atomic mass is 9.76. The molecule has 1 fully saturated rings. The first-order valence-electron chi connectivity index (χ1n) is 6.77. The summed E-state index contributed by atoms with van der Waals surface area (Å²) in [4.78, 5) is 4.42. The van der Waals surface area contributed by atoms with Gasteiger partial charge in [0.2, 0.25) is 0 Å². The normalized spacial score (nSPS) is 21.4. The first-order chi connectivity index (χ1) is 9.61. The second-order valence-electron chi connectivity index (χ2n) is 5.33. The summed E-state index contributed by atoms with van der Waals surface area (Å²) >= 11 is 6.94. The zero-order valence-electron chi connectivity index (χ0n) is 11.2. The van der Waals surface area contributed by atoms with Gasteiger partial charge in [-0.15, -0.1) is 0 Å². The lowest BCUT2D eigenvalue weighted by molar-refractivity contribution is 0.374. The lowest BCUT2D eigenvalue weighted by Crippen LogP contribution is -2.34. The van der Waals surface area contributed by atoms with Crippen LogP contribution >= 0.6 is 31.9 Å². The number of anilines is 1. The van der Waals surface area contributed by atoms with Crippen molar-refractivity contribution in [2.75, 3.05) is 5.32 Å². The van der Waals surface area contributed by atoms with E-state index in [0.29, 0.717) is 12.0 Å². The van der Waals surface area contributed by atoms with Crippen LogP contribution in [0.3, 0.4) is 0 Å². The van der Waals surface area contributed by atoms with Crippen LogP contribution in [-0.2, 0) is 0 Å². The highest BCUT2D eigenvalue weighted by Gasteiger charge is 2.30. The standard InChI is InChI=1S/C16H16Br2N2/c1-10-15(5-6-16(18)19-10)20-14-8-12(9-14)11-3-2-4-13(17)7-11/h2-7,12,14,20H,8-9H2,1H3. The third kappa shape index (κ3) is 3.07. The molecule has 1 aliphatic carbocycles. The molecule has 0 radical (unpaired) electrons. The maximum absolute atomic E-state index is 4.42. The number of halogens is 2. The van der Waals surface area contributed by atoms with Crippen LogP contribution in [0.15, 0.2) is 45.5 Å². The number of aromatic nitrogens is 1. The van der Waals surface area contributed by atoms with Crippen LogP contribution in [0.4, 0.5) is 5.69 Å². The van der Waals surface area contributed by atoms with Crippen molar-refractivity contribution < 1.29 is 0 Å². The van der Waals surface area contributed by atoms with Gasteiger partial charge in [-0.2, -0.15) is 0 Å². The minimum absolute atomic E-state index is 0.556. The SMILES string of the molecule is Cc1nc(Br)ccc1NC1CC(c2cccc(Br)c2)C1. The average molecular weight is 396 g/mol. The Hall–Kier alpha value is -0.870. The molecule has 1 heterocycles. The summed E-state index contributed by atoms with van der Waals surface area (Å²) in [6.07, 6.45) is 2.37. The minimum atomic E-state index is 0.556. The number of pyridine rings is 1. The maximum Gasteiger partial charge on any atom is 0.106 e. The highest BCUT2D eigenvalue weighted by atomic mass is 79.9. The molecule has 1 saturated carbocycles. The summed E-state index contributed by atoms with van der Waals surface area (Å²) in [5.41, 5.74) is 3.62. The molecule has 0 atom stereocenters. The van der Waals surface area contributed by atoms with E-state index >= 15 is 0 Å². The van der Waals surface area contributed by atoms with Crippen LogP contribution in [0.1, 0.15) is 30.0 Å². The average Bonchev–Trinajstić information content (AvgIpc) is 2.35. The summed E-state index contributed by atoms with van der Waals surface area (Å²) in [6, 6.07) is 13.3. The van der Waals surface area contributed by atoms with E-state index in [9.17, 15) is 0 Å². The smallest absolute Gasteiger partial charge is 0.106 e. The van der Waals surface area contributed by atoms with Crippen LogP contribution in [0.2, 0.25) is 0 Å². The molecule has 2 aromatic rings. The molecule has 0 aliphatic heterocycles. The van der Waals surface area contributed by atoms with Gasteiger partial charge in [0.25, 0.3) is 0 Å². The Kier molecular flexibility index (Phi) is 4.13. The lowest BCUT2D eigenvalue weighted by Gasteiger charge is -2.37. The van der Waals surface area contributed by atoms with Crippen molar-refractivity contribution in [2.24, 2.45) is 0 Å². The van der Waals surface area contributed by atoms with Crippen LogP contribution < -0.4 is 5.32 Å². The van der Waals surface area contributed by atoms with Gasteiger partial charge in [0.1, 0.15) is 4.60 Å². The van der Waals surface area contributed by atoms with Crippen LogP contribution in [0.25, 0.3) is 0 Å². The van der Waals surface area contributed by atoms with Gasteiger partial charge in [0.15, 0.2) is 0 Å². The van der Waals surface area contributed by atoms with E-state index in [2.05, 4.69) is 72.5 Å². The number of rotatable bonds is 3. The van der Waals surface area contributed by atoms with Gasteiger partial charge in [-0.3, -0.25) is 0 Å². The highest BCUT2D eigenvalue weighted by Crippen LogP contribution is 2.39. The molecule has 1 aromatic carbocycles. The van der Waals surface area contributed by atoms with Gasteiger partial charge in [0, 0.05) is 10.5 Å². The van der Waals surface area contributed by atoms with Gasteiger partial charge in [-0.25, -0.2) is 4.98 Å². The van der Waals surface area contributed by atoms with E-state index in [0.717, 1.165) is 16.0 Å². The Labute approximate surface area is 136 Å². The summed E-state index contributed by atoms with van der Waals surface area (Å²) < 4.78 is 2.06. The fourth-order valence-corrected chi connectivity index (χ4v) is 3.49. The van der Waals surface area contributed by atoms with Crippen LogP contribution in [-0.4, -0.2) is 11.0 Å². The van der Waals surface area contributed by atoms with E-state index < -0.39 is 0 Å². The molecular formula is C16H16Br2N2. The third-order valence-electron chi connectivity index (χ3n) is 3.87. The van der Waals surface area contributed by atoms with Crippen molar-refractivity contribution in [1.82, 2.24) is 4.98 Å². The first kappa shape index (κ1) is 14.1. The Bertz CT molecular complexity index is 622. The molecule has 0 spiro atoms. The van der Waals surface area contributed by atoms with Crippen LogP contribution in [0, 0.1) is 6.92 Å². The number of aryl methyl sites for hydroxylation is 1. The molecule has 3 rings (SSSR count). The van der Waals surface area contributed by atoms with Gasteiger partial charge in [-0.05, 0) is 71.4 Å². The van der Waals surface area contributed by atoms with Gasteiger partial charge in [-0.1, -0.05) is 28.1 Å². The van der Waals surface area contributed by atoms with Crippen molar-refractivity contribution in [3.8, 4) is 0 Å². The topological polar surface area (TPSA) is 24.9 Å². The monoisotopic (exact) mass is 394 g/mol. The highest BCUT2D eigenvalue weighted by molar-refractivity contribution is 9.10. The molecule has 0 amide bonds. The van der Waals surface area contributed by atoms with Gasteiger partial charge < -0.3 is 5.32 Å². The Morgan fingerprint density at radius 2 is 1.95 bits per heavy atom. The van der Waals surface area contributed by atoms with E-state index in [1.807, 2.05) is 13.0 Å². The summed E-state index contributed by atoms with van der Waals surface area (Å²) in [5.74, 6) is 0.675. The summed E-state index contributed by atoms with van der Waals surface area (Å²) in [5, 5.41) is 3.59. The second kappa shape index (κ2) is 5.86. The van der Waals surface area contributed by atoms with Crippen molar-refractivity contribution in [1.29, 1.82) is 0 Å². The molecule has 20 heavy (non-hydrogen) atoms. The molecular weight excluding hydrogens is 380 g/mol. The van der Waals surface area contributed by atoms with Gasteiger partial charge >= 0.3 is 0 Å². The fraction of sp³-hybridized carbons (Fsp3) is 0.312. The van der Waals surface area contributed by atoms with Crippen molar-refractivity contribution >= 4 is 37.5 Å². The third-order valence-corrected chi connectivity index (χ3v) is 4.80. The predicted octanol–water partition coefficient (Wildman–Crippen LogP) is 5.27. The van der Waals surface area contributed by atoms with Crippen LogP contribution in [0.5, 0.6) is 0 Å². The molecule has 0 bridgehead atoms. The van der Waals surface area contributed by atoms with E-state index in [1.165, 1.54) is 22.9 Å². The van der Waals surface area contributed by atoms with Crippen molar-refractivity contribution in [2.45, 2.75) is 31.7 Å². The molecule has 1 N–H and O–H groups in total. The molecule has 104 valence electrons. The van der Waals surface area contributed by atoms with Gasteiger partial charge in [0.05, 0.1) is 11.4 Å².